The third-order valence-corrected chi connectivity index (χ3v) is 12.1. The van der Waals surface area contributed by atoms with Crippen molar-refractivity contribution in [3.05, 3.63) is 72.8 Å². The summed E-state index contributed by atoms with van der Waals surface area (Å²) in [7, 11) is -18.7. The summed E-state index contributed by atoms with van der Waals surface area (Å²) in [6.07, 6.45) is 0. The summed E-state index contributed by atoms with van der Waals surface area (Å²) in [4.78, 5) is -4.33. The number of ether oxygens (including phenoxy) is 2. The normalized spacial score (nSPS) is 12.0. The van der Waals surface area contributed by atoms with Crippen LogP contribution >= 0.6 is 0 Å². The Morgan fingerprint density at radius 2 is 0.984 bits per heavy atom. The van der Waals surface area contributed by atoms with Crippen LogP contribution in [0.15, 0.2) is 113 Å². The van der Waals surface area contributed by atoms with E-state index in [1.807, 2.05) is 0 Å². The van der Waals surface area contributed by atoms with E-state index < -0.39 is 99.4 Å². The summed E-state index contributed by atoms with van der Waals surface area (Å²) in [5.74, 6) is -1.70. The van der Waals surface area contributed by atoms with Crippen molar-refractivity contribution in [3.63, 3.8) is 0 Å². The van der Waals surface area contributed by atoms with Crippen LogP contribution < -0.4 is 139 Å². The number of hydrogen-bond acceptors (Lipinski definition) is 22. The van der Waals surface area contributed by atoms with E-state index >= 15 is 0 Å². The minimum Gasteiger partial charge on any atom is -0.744 e. The van der Waals surface area contributed by atoms with Gasteiger partial charge < -0.3 is 49.4 Å². The van der Waals surface area contributed by atoms with Gasteiger partial charge >= 0.3 is 118 Å². The second-order valence-electron chi connectivity index (χ2n) is 12.3. The fourth-order valence-corrected chi connectivity index (χ4v) is 8.56. The predicted molar refractivity (Wildman–Crippen MR) is 205 cm³/mol. The maximum atomic E-state index is 12.2. The van der Waals surface area contributed by atoms with E-state index in [4.69, 9.17) is 20.9 Å². The number of anilines is 2. The molecule has 6 rings (SSSR count). The molecule has 0 unspecified atom stereocenters. The molecule has 0 saturated heterocycles. The van der Waals surface area contributed by atoms with E-state index in [1.165, 1.54) is 44.6 Å². The molecule has 0 heterocycles. The van der Waals surface area contributed by atoms with Gasteiger partial charge in [0.1, 0.15) is 74.7 Å². The van der Waals surface area contributed by atoms with Crippen LogP contribution in [0.4, 0.5) is 34.1 Å². The average Bonchev–Trinajstić information content (AvgIpc) is 3.15. The molecule has 0 aliphatic carbocycles. The van der Waals surface area contributed by atoms with Gasteiger partial charge in [-0.05, 0) is 71.1 Å². The number of phenolic OH excluding ortho intramolecular Hbond substituents is 2. The number of phenols is 2. The molecule has 30 heteroatoms. The number of nitrogens with zero attached hydrogens (tertiary/aromatic N) is 4. The Hall–Kier alpha value is -2.52. The number of aromatic hydroxyl groups is 2. The molecule has 6 aromatic rings. The summed E-state index contributed by atoms with van der Waals surface area (Å²) in [5.41, 5.74) is 10.2. The van der Waals surface area contributed by atoms with Gasteiger partial charge in [0.2, 0.25) is 0 Å². The van der Waals surface area contributed by atoms with Crippen molar-refractivity contribution >= 4 is 96.1 Å². The molecule has 0 aromatic heterocycles. The minimum atomic E-state index is -5.41. The Morgan fingerprint density at radius 3 is 1.45 bits per heavy atom. The first kappa shape index (κ1) is 57.6. The Bertz CT molecular complexity index is 3360. The van der Waals surface area contributed by atoms with Crippen LogP contribution in [0.1, 0.15) is 0 Å². The SMILES string of the molecule is COc1cc(-c2ccc(N=Nc3c(S(=O)(=O)[O-])cc4cc(S(=O)(=O)[O-])cc(N)c4c3O)c(OC)c2)ccc1N=Nc1ccc2c(S(=O)(=O)[O-])cc(S(=O)(=O)[O-])c(N)c2c1O.[Na+].[Na+].[Na+].[Na+]. The molecule has 0 spiro atoms. The van der Waals surface area contributed by atoms with Crippen LogP contribution in [0.5, 0.6) is 23.0 Å². The minimum absolute atomic E-state index is 0. The van der Waals surface area contributed by atoms with Crippen LogP contribution in [0, 0.1) is 0 Å². The molecule has 0 amide bonds. The van der Waals surface area contributed by atoms with Crippen molar-refractivity contribution in [2.24, 2.45) is 20.5 Å². The van der Waals surface area contributed by atoms with E-state index in [-0.39, 0.29) is 158 Å². The second-order valence-corrected chi connectivity index (χ2v) is 17.7. The molecule has 0 radical (unpaired) electrons. The largest absolute Gasteiger partial charge is 1.00 e. The molecular weight excluding hydrogens is 969 g/mol. The van der Waals surface area contributed by atoms with Crippen molar-refractivity contribution in [2.75, 3.05) is 25.7 Å². The van der Waals surface area contributed by atoms with Crippen LogP contribution in [0.3, 0.4) is 0 Å². The number of methoxy groups -OCH3 is 2. The molecule has 22 nitrogen and oxygen atoms in total. The summed E-state index contributed by atoms with van der Waals surface area (Å²) < 4.78 is 153. The van der Waals surface area contributed by atoms with Crippen LogP contribution in [0.2, 0.25) is 0 Å². The van der Waals surface area contributed by atoms with Crippen LogP contribution in [-0.4, -0.2) is 76.3 Å². The van der Waals surface area contributed by atoms with Crippen molar-refractivity contribution in [1.29, 1.82) is 0 Å². The quantitative estimate of drug-likeness (QED) is 0.0405. The zero-order chi connectivity index (χ0) is 44.3. The number of hydrogen-bond donors (Lipinski definition) is 4. The molecule has 6 N–H and O–H groups in total. The molecule has 0 saturated carbocycles. The van der Waals surface area contributed by atoms with Gasteiger partial charge in [-0.2, -0.15) is 0 Å². The fraction of sp³-hybridized carbons (Fsp3) is 0.0588. The third-order valence-electron chi connectivity index (χ3n) is 8.69. The van der Waals surface area contributed by atoms with Crippen molar-refractivity contribution in [1.82, 2.24) is 0 Å². The number of nitrogen functional groups attached to an aromatic ring is 2. The van der Waals surface area contributed by atoms with Gasteiger partial charge in [-0.1, -0.05) is 18.2 Å². The number of rotatable bonds is 11. The standard InChI is InChI=1S/C34H28N6O16S4.4Na/c1-55-24-10-15(3-6-21(24)37-39-23-8-5-19-26(58(46,47)48)14-27(59(49,50)51)31(36)30(19)33(23)41)16-4-7-22(25(11-16)56-2)38-40-32-28(60(52,53)54)12-17-9-18(57(43,44)45)13-20(35)29(17)34(32)42;;;;/h3-14,41-42H,35-36H2,1-2H3,(H,43,44,45)(H,46,47,48)(H,49,50,51)(H,52,53,54);;;;/q;4*+1/p-4. The Labute approximate surface area is 452 Å². The molecule has 0 atom stereocenters. The topological polar surface area (TPSA) is 389 Å². The van der Waals surface area contributed by atoms with E-state index in [2.05, 4.69) is 20.5 Å². The Kier molecular flexibility index (Phi) is 19.5. The average molecular weight is 993 g/mol. The summed E-state index contributed by atoms with van der Waals surface area (Å²) in [5, 5.41) is 35.9. The number of fused-ring (bicyclic) bond motifs is 2. The Morgan fingerprint density at radius 1 is 0.516 bits per heavy atom. The first-order valence-corrected chi connectivity index (χ1v) is 21.7. The molecule has 314 valence electrons. The van der Waals surface area contributed by atoms with E-state index in [0.29, 0.717) is 23.3 Å². The summed E-state index contributed by atoms with van der Waals surface area (Å²) in [6.45, 7) is 0. The predicted octanol–water partition coefficient (Wildman–Crippen LogP) is -7.28. The van der Waals surface area contributed by atoms with Crippen molar-refractivity contribution in [3.8, 4) is 34.1 Å². The van der Waals surface area contributed by atoms with Gasteiger partial charge in [-0.25, -0.2) is 33.7 Å². The van der Waals surface area contributed by atoms with Crippen LogP contribution in [0.25, 0.3) is 32.7 Å². The van der Waals surface area contributed by atoms with Gasteiger partial charge in [0.25, 0.3) is 0 Å². The fourth-order valence-electron chi connectivity index (χ4n) is 5.96. The van der Waals surface area contributed by atoms with Gasteiger partial charge in [-0.15, -0.1) is 20.5 Å². The number of azo groups is 2. The third kappa shape index (κ3) is 11.9. The zero-order valence-electron chi connectivity index (χ0n) is 34.1. The van der Waals surface area contributed by atoms with E-state index in [0.717, 1.165) is 24.3 Å². The molecular formula is C34H24N6Na4O16S4. The zero-order valence-corrected chi connectivity index (χ0v) is 45.4. The smallest absolute Gasteiger partial charge is 0.744 e. The van der Waals surface area contributed by atoms with Crippen LogP contribution in [-0.2, 0) is 40.5 Å². The monoisotopic (exact) mass is 992 g/mol. The van der Waals surface area contributed by atoms with E-state index in [9.17, 15) is 62.1 Å². The van der Waals surface area contributed by atoms with E-state index in [1.54, 1.807) is 6.07 Å². The first-order valence-electron chi connectivity index (χ1n) is 16.1. The summed E-state index contributed by atoms with van der Waals surface area (Å²) >= 11 is 0. The second kappa shape index (κ2) is 21.6. The number of benzene rings is 6. The van der Waals surface area contributed by atoms with Gasteiger partial charge in [-0.3, -0.25) is 0 Å². The maximum absolute atomic E-state index is 12.2. The maximum Gasteiger partial charge on any atom is 1.00 e. The molecule has 0 aliphatic heterocycles. The first-order chi connectivity index (χ1) is 27.8. The van der Waals surface area contributed by atoms with Crippen molar-refractivity contribution in [2.45, 2.75) is 19.6 Å². The molecule has 6 aromatic carbocycles. The number of nitrogens with two attached hydrogens (primary N) is 2. The van der Waals surface area contributed by atoms with Gasteiger partial charge in [0, 0.05) is 16.5 Å². The Balaban J connectivity index is 0.00000352. The molecule has 0 fully saturated rings. The van der Waals surface area contributed by atoms with Gasteiger partial charge in [0.05, 0.1) is 44.9 Å². The summed E-state index contributed by atoms with van der Waals surface area (Å²) in [6, 6.07) is 13.4. The molecule has 0 bridgehead atoms. The molecule has 0 aliphatic rings. The van der Waals surface area contributed by atoms with Gasteiger partial charge in [0.15, 0.2) is 11.5 Å². The molecule has 64 heavy (non-hydrogen) atoms. The van der Waals surface area contributed by atoms with Crippen molar-refractivity contribution < 1.29 is 190 Å².